The first kappa shape index (κ1) is 26.4. The second-order valence-electron chi connectivity index (χ2n) is 8.22. The summed E-state index contributed by atoms with van der Waals surface area (Å²) in [7, 11) is 1.49. The molecule has 10 heteroatoms. The molecule has 0 bridgehead atoms. The Balaban J connectivity index is 1.60. The van der Waals surface area contributed by atoms with Gasteiger partial charge in [0.25, 0.3) is 5.91 Å². The monoisotopic (exact) mass is 541 g/mol. The molecule has 1 unspecified atom stereocenters. The molecule has 37 heavy (non-hydrogen) atoms. The van der Waals surface area contributed by atoms with E-state index < -0.39 is 23.7 Å². The average molecular weight is 542 g/mol. The number of carbonyl (C=O) groups excluding carboxylic acids is 2. The van der Waals surface area contributed by atoms with E-state index in [1.165, 1.54) is 18.1 Å². The van der Waals surface area contributed by atoms with Gasteiger partial charge in [0.2, 0.25) is 5.91 Å². The van der Waals surface area contributed by atoms with Gasteiger partial charge in [-0.1, -0.05) is 29.8 Å². The van der Waals surface area contributed by atoms with Gasteiger partial charge in [-0.3, -0.25) is 14.5 Å². The molecule has 192 valence electrons. The lowest BCUT2D eigenvalue weighted by atomic mass is 10.1. The summed E-state index contributed by atoms with van der Waals surface area (Å²) in [6, 6.07) is 17.1. The number of methoxy groups -OCH3 is 1. The van der Waals surface area contributed by atoms with Crippen LogP contribution in [0, 0.1) is 5.82 Å². The molecule has 1 heterocycles. The van der Waals surface area contributed by atoms with Crippen LogP contribution in [0.4, 0.5) is 15.8 Å². The average Bonchev–Trinajstić information content (AvgIpc) is 3.10. The van der Waals surface area contributed by atoms with E-state index in [2.05, 4.69) is 5.32 Å². The molecular formula is C27H25ClFN3O4S. The minimum absolute atomic E-state index is 0.0125. The van der Waals surface area contributed by atoms with Gasteiger partial charge in [-0.05, 0) is 67.7 Å². The highest BCUT2D eigenvalue weighted by atomic mass is 35.5. The molecule has 0 aliphatic carbocycles. The van der Waals surface area contributed by atoms with Crippen molar-refractivity contribution in [3.63, 3.8) is 0 Å². The number of rotatable bonds is 9. The molecule has 1 atom stereocenters. The zero-order valence-electron chi connectivity index (χ0n) is 20.2. The Labute approximate surface area is 224 Å². The van der Waals surface area contributed by atoms with E-state index in [9.17, 15) is 14.0 Å². The maximum Gasteiger partial charge on any atom is 0.256 e. The molecule has 4 rings (SSSR count). The van der Waals surface area contributed by atoms with Gasteiger partial charge in [-0.25, -0.2) is 4.39 Å². The molecule has 2 amide bonds. The van der Waals surface area contributed by atoms with Crippen LogP contribution in [0.2, 0.25) is 5.02 Å². The van der Waals surface area contributed by atoms with Crippen molar-refractivity contribution in [3.05, 3.63) is 83.1 Å². The van der Waals surface area contributed by atoms with Crippen LogP contribution in [-0.2, 0) is 16.1 Å². The number of anilines is 2. The van der Waals surface area contributed by atoms with Crippen molar-refractivity contribution in [2.45, 2.75) is 25.9 Å². The molecule has 3 aromatic rings. The quantitative estimate of drug-likeness (QED) is 0.365. The third kappa shape index (κ3) is 5.84. The summed E-state index contributed by atoms with van der Waals surface area (Å²) in [6.07, 6.45) is -0.193. The number of nitrogens with zero attached hydrogens (tertiary/aromatic N) is 2. The molecule has 0 radical (unpaired) electrons. The lowest BCUT2D eigenvalue weighted by Gasteiger charge is -2.24. The number of hydrogen-bond acceptors (Lipinski definition) is 5. The number of benzene rings is 3. The highest BCUT2D eigenvalue weighted by Crippen LogP contribution is 2.34. The van der Waals surface area contributed by atoms with E-state index in [0.717, 1.165) is 0 Å². The molecule has 3 aromatic carbocycles. The van der Waals surface area contributed by atoms with Crippen molar-refractivity contribution in [2.24, 2.45) is 0 Å². The normalized spacial score (nSPS) is 15.2. The molecule has 1 aliphatic rings. The number of thiocarbonyl (C=S) groups is 1. The number of amides is 2. The second kappa shape index (κ2) is 11.6. The van der Waals surface area contributed by atoms with Crippen molar-refractivity contribution < 1.29 is 23.5 Å². The fourth-order valence-electron chi connectivity index (χ4n) is 4.04. The standard InChI is InChI=1S/C27H25ClFN3O4S/c1-3-36-20-11-8-18(9-12-20)30-25(33)15-23-26(34)32(19-10-13-24(35-2)21(28)14-19)27(37)31(23)16-17-6-4-5-7-22(17)29/h4-14,23H,3,15-16H2,1-2H3,(H,30,33). The van der Waals surface area contributed by atoms with Crippen LogP contribution in [0.15, 0.2) is 66.7 Å². The predicted octanol–water partition coefficient (Wildman–Crippen LogP) is 5.42. The van der Waals surface area contributed by atoms with E-state index in [0.29, 0.717) is 40.1 Å². The Morgan fingerprint density at radius 1 is 1.14 bits per heavy atom. The maximum absolute atomic E-state index is 14.5. The Kier molecular flexibility index (Phi) is 8.25. The molecule has 0 aromatic heterocycles. The molecule has 1 aliphatic heterocycles. The highest BCUT2D eigenvalue weighted by molar-refractivity contribution is 7.80. The van der Waals surface area contributed by atoms with Gasteiger partial charge in [0.15, 0.2) is 5.11 Å². The molecule has 0 spiro atoms. The Morgan fingerprint density at radius 3 is 2.51 bits per heavy atom. The van der Waals surface area contributed by atoms with E-state index >= 15 is 0 Å². The van der Waals surface area contributed by atoms with E-state index in [-0.39, 0.29) is 18.1 Å². The summed E-state index contributed by atoms with van der Waals surface area (Å²) in [5.41, 5.74) is 1.33. The molecule has 1 fully saturated rings. The van der Waals surface area contributed by atoms with Crippen LogP contribution >= 0.6 is 23.8 Å². The number of hydrogen-bond donors (Lipinski definition) is 1. The second-order valence-corrected chi connectivity index (χ2v) is 8.99. The molecule has 1 N–H and O–H groups in total. The van der Waals surface area contributed by atoms with Crippen LogP contribution < -0.4 is 19.7 Å². The molecule has 0 saturated carbocycles. The predicted molar refractivity (Wildman–Crippen MR) is 145 cm³/mol. The molecule has 1 saturated heterocycles. The lowest BCUT2D eigenvalue weighted by Crippen LogP contribution is -2.37. The third-order valence-corrected chi connectivity index (χ3v) is 6.55. The van der Waals surface area contributed by atoms with Gasteiger partial charge < -0.3 is 19.7 Å². The van der Waals surface area contributed by atoms with E-state index in [1.54, 1.807) is 65.6 Å². The van der Waals surface area contributed by atoms with Crippen LogP contribution in [0.5, 0.6) is 11.5 Å². The minimum Gasteiger partial charge on any atom is -0.495 e. The van der Waals surface area contributed by atoms with Gasteiger partial charge in [0.1, 0.15) is 23.4 Å². The summed E-state index contributed by atoms with van der Waals surface area (Å²) in [6.45, 7) is 2.43. The third-order valence-electron chi connectivity index (χ3n) is 5.84. The van der Waals surface area contributed by atoms with Gasteiger partial charge in [-0.2, -0.15) is 0 Å². The molecule has 7 nitrogen and oxygen atoms in total. The minimum atomic E-state index is -0.948. The van der Waals surface area contributed by atoms with Crippen molar-refractivity contribution in [3.8, 4) is 11.5 Å². The largest absolute Gasteiger partial charge is 0.495 e. The van der Waals surface area contributed by atoms with Crippen LogP contribution in [0.25, 0.3) is 0 Å². The number of carbonyl (C=O) groups is 2. The summed E-state index contributed by atoms with van der Waals surface area (Å²) in [4.78, 5) is 29.5. The lowest BCUT2D eigenvalue weighted by molar-refractivity contribution is -0.124. The molecular weight excluding hydrogens is 517 g/mol. The smallest absolute Gasteiger partial charge is 0.256 e. The fraction of sp³-hybridized carbons (Fsp3) is 0.222. The summed E-state index contributed by atoms with van der Waals surface area (Å²) in [5, 5.41) is 3.25. The SMILES string of the molecule is CCOc1ccc(NC(=O)CC2C(=O)N(c3ccc(OC)c(Cl)c3)C(=S)N2Cc2ccccc2F)cc1. The zero-order valence-corrected chi connectivity index (χ0v) is 21.8. The topological polar surface area (TPSA) is 71.1 Å². The Morgan fingerprint density at radius 2 is 1.86 bits per heavy atom. The van der Waals surface area contributed by atoms with Gasteiger partial charge >= 0.3 is 0 Å². The number of ether oxygens (including phenoxy) is 2. The zero-order chi connectivity index (χ0) is 26.5. The van der Waals surface area contributed by atoms with Crippen LogP contribution in [0.3, 0.4) is 0 Å². The van der Waals surface area contributed by atoms with Crippen molar-refractivity contribution >= 4 is 52.1 Å². The Hall–Kier alpha value is -3.69. The van der Waals surface area contributed by atoms with Crippen LogP contribution in [-0.4, -0.2) is 41.6 Å². The first-order valence-electron chi connectivity index (χ1n) is 11.6. The van der Waals surface area contributed by atoms with Crippen LogP contribution in [0.1, 0.15) is 18.9 Å². The first-order chi connectivity index (χ1) is 17.8. The van der Waals surface area contributed by atoms with Gasteiger partial charge in [0.05, 0.1) is 30.8 Å². The Bertz CT molecular complexity index is 1320. The highest BCUT2D eigenvalue weighted by Gasteiger charge is 2.44. The summed E-state index contributed by atoms with van der Waals surface area (Å²) >= 11 is 11.9. The summed E-state index contributed by atoms with van der Waals surface area (Å²) in [5.74, 6) is -0.108. The van der Waals surface area contributed by atoms with Gasteiger partial charge in [-0.15, -0.1) is 0 Å². The number of nitrogens with one attached hydrogen (secondary N) is 1. The van der Waals surface area contributed by atoms with E-state index in [4.69, 9.17) is 33.3 Å². The van der Waals surface area contributed by atoms with Crippen molar-refractivity contribution in [2.75, 3.05) is 23.9 Å². The van der Waals surface area contributed by atoms with Gasteiger partial charge in [0, 0.05) is 17.8 Å². The van der Waals surface area contributed by atoms with Crippen molar-refractivity contribution in [1.82, 2.24) is 4.90 Å². The van der Waals surface area contributed by atoms with E-state index in [1.807, 2.05) is 6.92 Å². The van der Waals surface area contributed by atoms with Crippen molar-refractivity contribution in [1.29, 1.82) is 0 Å². The first-order valence-corrected chi connectivity index (χ1v) is 12.3. The summed E-state index contributed by atoms with van der Waals surface area (Å²) < 4.78 is 25.1. The number of halogens is 2. The maximum atomic E-state index is 14.5. The fourth-order valence-corrected chi connectivity index (χ4v) is 4.68.